The molecule has 29 heavy (non-hydrogen) atoms. The van der Waals surface area contributed by atoms with Crippen LogP contribution in [0.4, 0.5) is 5.69 Å². The van der Waals surface area contributed by atoms with Crippen molar-refractivity contribution in [3.8, 4) is 0 Å². The second kappa shape index (κ2) is 8.75. The zero-order chi connectivity index (χ0) is 21.0. The molecule has 0 saturated heterocycles. The normalized spacial score (nSPS) is 11.4. The first-order valence-corrected chi connectivity index (χ1v) is 11.5. The lowest BCUT2D eigenvalue weighted by molar-refractivity contribution is 0.0950. The van der Waals surface area contributed by atoms with Gasteiger partial charge in [0.25, 0.3) is 15.9 Å². The molecular weight excluding hydrogens is 406 g/mol. The third-order valence-corrected chi connectivity index (χ3v) is 7.38. The minimum absolute atomic E-state index is 0.126. The number of hydrogen-bond donors (Lipinski definition) is 1. The van der Waals surface area contributed by atoms with Gasteiger partial charge in [-0.3, -0.25) is 9.10 Å². The van der Waals surface area contributed by atoms with Crippen LogP contribution in [0, 0.1) is 0 Å². The number of para-hydroxylation sites is 1. The van der Waals surface area contributed by atoms with Crippen LogP contribution in [0.1, 0.15) is 40.8 Å². The van der Waals surface area contributed by atoms with Crippen molar-refractivity contribution < 1.29 is 13.2 Å². The van der Waals surface area contributed by atoms with Crippen molar-refractivity contribution in [2.75, 3.05) is 11.4 Å². The van der Waals surface area contributed by atoms with Crippen LogP contribution in [0.15, 0.2) is 64.9 Å². The summed E-state index contributed by atoms with van der Waals surface area (Å²) < 4.78 is 26.8. The highest BCUT2D eigenvalue weighted by Crippen LogP contribution is 2.22. The lowest BCUT2D eigenvalue weighted by Crippen LogP contribution is -2.27. The first-order valence-electron chi connectivity index (χ1n) is 9.15. The quantitative estimate of drug-likeness (QED) is 0.615. The van der Waals surface area contributed by atoms with E-state index >= 15 is 0 Å². The summed E-state index contributed by atoms with van der Waals surface area (Å²) in [5, 5.41) is 5.79. The minimum Gasteiger partial charge on any atom is -0.346 e. The van der Waals surface area contributed by atoms with Crippen molar-refractivity contribution in [1.29, 1.82) is 0 Å². The second-order valence-corrected chi connectivity index (χ2v) is 9.71. The van der Waals surface area contributed by atoms with Gasteiger partial charge in [0, 0.05) is 23.9 Å². The number of amides is 1. The molecule has 0 aliphatic rings. The molecule has 3 rings (SSSR count). The first kappa shape index (κ1) is 21.0. The van der Waals surface area contributed by atoms with Crippen LogP contribution in [0.5, 0.6) is 0 Å². The van der Waals surface area contributed by atoms with Crippen molar-refractivity contribution in [2.24, 2.45) is 0 Å². The zero-order valence-corrected chi connectivity index (χ0v) is 18.1. The summed E-state index contributed by atoms with van der Waals surface area (Å²) in [6, 6.07) is 14.8. The number of sulfonamides is 1. The number of nitrogens with zero attached hydrogens (tertiary/aromatic N) is 2. The van der Waals surface area contributed by atoms with E-state index in [4.69, 9.17) is 0 Å². The molecule has 0 spiro atoms. The Bertz CT molecular complexity index is 1080. The highest BCUT2D eigenvalue weighted by molar-refractivity contribution is 7.92. The monoisotopic (exact) mass is 429 g/mol. The fourth-order valence-electron chi connectivity index (χ4n) is 2.66. The van der Waals surface area contributed by atoms with Gasteiger partial charge in [-0.25, -0.2) is 13.4 Å². The van der Waals surface area contributed by atoms with E-state index in [-0.39, 0.29) is 10.8 Å². The summed E-state index contributed by atoms with van der Waals surface area (Å²) in [5.74, 6) is 0.0809. The van der Waals surface area contributed by atoms with E-state index in [0.717, 1.165) is 10.7 Å². The van der Waals surface area contributed by atoms with Crippen LogP contribution in [-0.4, -0.2) is 26.4 Å². The Morgan fingerprint density at radius 3 is 2.34 bits per heavy atom. The largest absolute Gasteiger partial charge is 0.346 e. The van der Waals surface area contributed by atoms with Gasteiger partial charge in [-0.05, 0) is 36.4 Å². The van der Waals surface area contributed by atoms with Crippen LogP contribution in [0.3, 0.4) is 0 Å². The lowest BCUT2D eigenvalue weighted by atomic mass is 10.2. The van der Waals surface area contributed by atoms with Crippen LogP contribution in [0.2, 0.25) is 0 Å². The number of thiazole rings is 1. The van der Waals surface area contributed by atoms with E-state index in [1.54, 1.807) is 35.6 Å². The molecule has 6 nitrogen and oxygen atoms in total. The third kappa shape index (κ3) is 4.83. The molecule has 0 aliphatic heterocycles. The zero-order valence-electron chi connectivity index (χ0n) is 16.5. The molecule has 1 N–H and O–H groups in total. The van der Waals surface area contributed by atoms with Gasteiger partial charge >= 0.3 is 0 Å². The third-order valence-electron chi connectivity index (χ3n) is 4.39. The van der Waals surface area contributed by atoms with Crippen molar-refractivity contribution in [2.45, 2.75) is 31.2 Å². The van der Waals surface area contributed by atoms with Crippen LogP contribution < -0.4 is 9.62 Å². The predicted molar refractivity (Wildman–Crippen MR) is 116 cm³/mol. The maximum Gasteiger partial charge on any atom is 0.264 e. The van der Waals surface area contributed by atoms with E-state index in [1.165, 1.54) is 35.6 Å². The molecule has 0 fully saturated rings. The molecule has 0 atom stereocenters. The molecule has 1 amide bonds. The Labute approximate surface area is 175 Å². The number of anilines is 1. The van der Waals surface area contributed by atoms with Crippen molar-refractivity contribution >= 4 is 33.0 Å². The fraction of sp³-hybridized carbons (Fsp3) is 0.238. The SMILES string of the molecule is CC(C)c1nc(CNC(=O)c2ccc(S(=O)(=O)N(C)c3ccccc3)cc2)cs1. The molecule has 8 heteroatoms. The summed E-state index contributed by atoms with van der Waals surface area (Å²) in [4.78, 5) is 17.0. The number of rotatable bonds is 7. The van der Waals surface area contributed by atoms with Crippen molar-refractivity contribution in [3.63, 3.8) is 0 Å². The van der Waals surface area contributed by atoms with Crippen LogP contribution >= 0.6 is 11.3 Å². The summed E-state index contributed by atoms with van der Waals surface area (Å²) >= 11 is 1.58. The smallest absolute Gasteiger partial charge is 0.264 e. The molecule has 2 aromatic carbocycles. The average Bonchev–Trinajstić information content (AvgIpc) is 3.21. The van der Waals surface area contributed by atoms with E-state index in [9.17, 15) is 13.2 Å². The number of benzene rings is 2. The Hall–Kier alpha value is -2.71. The number of carbonyl (C=O) groups excluding carboxylic acids is 1. The summed E-state index contributed by atoms with van der Waals surface area (Å²) in [7, 11) is -2.20. The fourth-order valence-corrected chi connectivity index (χ4v) is 4.69. The molecule has 0 unspecified atom stereocenters. The van der Waals surface area contributed by atoms with Gasteiger partial charge < -0.3 is 5.32 Å². The Kier molecular flexibility index (Phi) is 6.34. The number of hydrogen-bond acceptors (Lipinski definition) is 5. The standard InChI is InChI=1S/C21H23N3O3S2/c1-15(2)21-23-17(14-28-21)13-22-20(25)16-9-11-19(12-10-16)29(26,27)24(3)18-7-5-4-6-8-18/h4-12,14-15H,13H2,1-3H3,(H,22,25). The number of carbonyl (C=O) groups is 1. The van der Waals surface area contributed by atoms with Gasteiger partial charge in [-0.2, -0.15) is 0 Å². The van der Waals surface area contributed by atoms with Crippen molar-refractivity contribution in [3.05, 3.63) is 76.2 Å². The predicted octanol–water partition coefficient (Wildman–Crippen LogP) is 4.02. The first-order chi connectivity index (χ1) is 13.8. The van der Waals surface area contributed by atoms with Gasteiger partial charge in [0.05, 0.1) is 27.8 Å². The number of nitrogens with one attached hydrogen (secondary N) is 1. The molecular formula is C21H23N3O3S2. The molecule has 0 bridgehead atoms. The molecule has 3 aromatic rings. The second-order valence-electron chi connectivity index (χ2n) is 6.85. The number of aromatic nitrogens is 1. The van der Waals surface area contributed by atoms with Gasteiger partial charge in [-0.1, -0.05) is 32.0 Å². The average molecular weight is 430 g/mol. The molecule has 1 aromatic heterocycles. The Morgan fingerprint density at radius 1 is 1.10 bits per heavy atom. The minimum atomic E-state index is -3.70. The molecule has 0 aliphatic carbocycles. The van der Waals surface area contributed by atoms with E-state index in [1.807, 2.05) is 11.4 Å². The molecule has 1 heterocycles. The van der Waals surface area contributed by atoms with Gasteiger partial charge in [0.15, 0.2) is 0 Å². The summed E-state index contributed by atoms with van der Waals surface area (Å²) in [6.45, 7) is 4.48. The maximum atomic E-state index is 12.8. The lowest BCUT2D eigenvalue weighted by Gasteiger charge is -2.19. The van der Waals surface area contributed by atoms with Gasteiger partial charge in [0.2, 0.25) is 0 Å². The summed E-state index contributed by atoms with van der Waals surface area (Å²) in [6.07, 6.45) is 0. The topological polar surface area (TPSA) is 79.4 Å². The van der Waals surface area contributed by atoms with E-state index < -0.39 is 10.0 Å². The Balaban J connectivity index is 1.68. The Morgan fingerprint density at radius 2 is 1.76 bits per heavy atom. The van der Waals surface area contributed by atoms with Crippen LogP contribution in [0.25, 0.3) is 0 Å². The molecule has 152 valence electrons. The van der Waals surface area contributed by atoms with E-state index in [2.05, 4.69) is 24.1 Å². The van der Waals surface area contributed by atoms with E-state index in [0.29, 0.717) is 23.7 Å². The van der Waals surface area contributed by atoms with Crippen molar-refractivity contribution in [1.82, 2.24) is 10.3 Å². The molecule has 0 radical (unpaired) electrons. The summed E-state index contributed by atoms with van der Waals surface area (Å²) in [5.41, 5.74) is 1.78. The molecule has 0 saturated carbocycles. The van der Waals surface area contributed by atoms with Gasteiger partial charge in [0.1, 0.15) is 0 Å². The highest BCUT2D eigenvalue weighted by atomic mass is 32.2. The maximum absolute atomic E-state index is 12.8. The highest BCUT2D eigenvalue weighted by Gasteiger charge is 2.21. The van der Waals surface area contributed by atoms with Gasteiger partial charge in [-0.15, -0.1) is 11.3 Å². The van der Waals surface area contributed by atoms with Crippen LogP contribution in [-0.2, 0) is 16.6 Å².